The highest BCUT2D eigenvalue weighted by molar-refractivity contribution is 7.90. The third kappa shape index (κ3) is 5.02. The molecule has 0 bridgehead atoms. The number of benzene rings is 2. The Morgan fingerprint density at radius 2 is 1.76 bits per heavy atom. The Labute approximate surface area is 175 Å². The standard InChI is InChI=1S/C22H20ClNO4S/c1-28-21-12-7-15(14-24-21)13-20(25)22(18-5-3-4-6-19(18)23)16-8-10-17(11-9-16)29(2,26)27/h3-12,14,22H,13H2,1-2H3. The molecule has 0 N–H and O–H groups in total. The van der Waals surface area contributed by atoms with Crippen LogP contribution in [0, 0.1) is 0 Å². The zero-order valence-electron chi connectivity index (χ0n) is 16.0. The number of ketones is 1. The minimum absolute atomic E-state index is 0.0721. The fourth-order valence-corrected chi connectivity index (χ4v) is 3.97. The van der Waals surface area contributed by atoms with Crippen LogP contribution in [-0.2, 0) is 21.1 Å². The van der Waals surface area contributed by atoms with Crippen LogP contribution in [0.4, 0.5) is 0 Å². The van der Waals surface area contributed by atoms with Crippen LogP contribution in [0.5, 0.6) is 5.88 Å². The molecule has 5 nitrogen and oxygen atoms in total. The van der Waals surface area contributed by atoms with Gasteiger partial charge in [-0.1, -0.05) is 48.0 Å². The highest BCUT2D eigenvalue weighted by atomic mass is 35.5. The monoisotopic (exact) mass is 429 g/mol. The van der Waals surface area contributed by atoms with Crippen molar-refractivity contribution in [3.8, 4) is 5.88 Å². The Balaban J connectivity index is 1.99. The summed E-state index contributed by atoms with van der Waals surface area (Å²) in [5, 5.41) is 0.478. The first-order valence-electron chi connectivity index (χ1n) is 8.85. The molecule has 0 saturated carbocycles. The number of carbonyl (C=O) groups excluding carboxylic acids is 1. The summed E-state index contributed by atoms with van der Waals surface area (Å²) in [4.78, 5) is 17.6. The Kier molecular flexibility index (Phi) is 6.35. The van der Waals surface area contributed by atoms with E-state index in [1.165, 1.54) is 19.2 Å². The number of carbonyl (C=O) groups is 1. The number of methoxy groups -OCH3 is 1. The zero-order valence-corrected chi connectivity index (χ0v) is 17.6. The van der Waals surface area contributed by atoms with E-state index >= 15 is 0 Å². The smallest absolute Gasteiger partial charge is 0.212 e. The molecule has 1 heterocycles. The maximum atomic E-state index is 13.3. The molecule has 3 aromatic rings. The van der Waals surface area contributed by atoms with Gasteiger partial charge in [-0.2, -0.15) is 0 Å². The Morgan fingerprint density at radius 1 is 1.07 bits per heavy atom. The predicted octanol–water partition coefficient (Wildman–Crippen LogP) is 4.09. The average Bonchev–Trinajstić information content (AvgIpc) is 2.70. The molecule has 0 amide bonds. The molecule has 0 aliphatic carbocycles. The van der Waals surface area contributed by atoms with Crippen molar-refractivity contribution in [3.63, 3.8) is 0 Å². The molecule has 0 aliphatic heterocycles. The van der Waals surface area contributed by atoms with E-state index in [1.54, 1.807) is 42.6 Å². The van der Waals surface area contributed by atoms with Crippen LogP contribution in [0.15, 0.2) is 71.8 Å². The highest BCUT2D eigenvalue weighted by Gasteiger charge is 2.25. The third-order valence-corrected chi connectivity index (χ3v) is 6.04. The van der Waals surface area contributed by atoms with Gasteiger partial charge >= 0.3 is 0 Å². The van der Waals surface area contributed by atoms with Gasteiger partial charge in [0.15, 0.2) is 9.84 Å². The molecule has 29 heavy (non-hydrogen) atoms. The van der Waals surface area contributed by atoms with E-state index < -0.39 is 15.8 Å². The summed E-state index contributed by atoms with van der Waals surface area (Å²) in [6, 6.07) is 17.0. The number of rotatable bonds is 7. The summed E-state index contributed by atoms with van der Waals surface area (Å²) in [5.41, 5.74) is 2.10. The van der Waals surface area contributed by atoms with Crippen molar-refractivity contribution in [2.45, 2.75) is 17.2 Å². The molecule has 2 aromatic carbocycles. The molecule has 3 rings (SSSR count). The van der Waals surface area contributed by atoms with E-state index in [4.69, 9.17) is 16.3 Å². The van der Waals surface area contributed by atoms with Gasteiger partial charge in [0, 0.05) is 30.0 Å². The van der Waals surface area contributed by atoms with Crippen LogP contribution in [0.3, 0.4) is 0 Å². The molecule has 150 valence electrons. The second-order valence-corrected chi connectivity index (χ2v) is 9.07. The van der Waals surface area contributed by atoms with Gasteiger partial charge < -0.3 is 4.74 Å². The fourth-order valence-electron chi connectivity index (χ4n) is 3.10. The normalized spacial score (nSPS) is 12.4. The highest BCUT2D eigenvalue weighted by Crippen LogP contribution is 2.32. The molecule has 0 spiro atoms. The van der Waals surface area contributed by atoms with Crippen LogP contribution >= 0.6 is 11.6 Å². The predicted molar refractivity (Wildman–Crippen MR) is 112 cm³/mol. The van der Waals surface area contributed by atoms with E-state index in [-0.39, 0.29) is 17.1 Å². The Hall–Kier alpha value is -2.70. The van der Waals surface area contributed by atoms with Crippen LogP contribution in [0.25, 0.3) is 0 Å². The number of hydrogen-bond acceptors (Lipinski definition) is 5. The number of hydrogen-bond donors (Lipinski definition) is 0. The molecule has 0 fully saturated rings. The van der Waals surface area contributed by atoms with E-state index in [0.29, 0.717) is 22.0 Å². The number of sulfone groups is 1. The topological polar surface area (TPSA) is 73.3 Å². The maximum absolute atomic E-state index is 13.3. The van der Waals surface area contributed by atoms with E-state index in [1.807, 2.05) is 12.1 Å². The summed E-state index contributed by atoms with van der Waals surface area (Å²) in [5.74, 6) is -0.225. The first-order chi connectivity index (χ1) is 13.8. The maximum Gasteiger partial charge on any atom is 0.212 e. The van der Waals surface area contributed by atoms with E-state index in [2.05, 4.69) is 4.98 Å². The van der Waals surface area contributed by atoms with Gasteiger partial charge in [-0.25, -0.2) is 13.4 Å². The number of halogens is 1. The van der Waals surface area contributed by atoms with Gasteiger partial charge in [-0.05, 0) is 34.9 Å². The molecular formula is C22H20ClNO4S. The van der Waals surface area contributed by atoms with Crippen LogP contribution in [0.1, 0.15) is 22.6 Å². The van der Waals surface area contributed by atoms with Crippen LogP contribution < -0.4 is 4.74 Å². The molecule has 0 saturated heterocycles. The molecule has 0 aliphatic rings. The summed E-state index contributed by atoms with van der Waals surface area (Å²) in [6.07, 6.45) is 2.91. The summed E-state index contributed by atoms with van der Waals surface area (Å²) in [6.45, 7) is 0. The van der Waals surface area contributed by atoms with Gasteiger partial charge in [0.1, 0.15) is 5.78 Å². The minimum Gasteiger partial charge on any atom is -0.481 e. The molecule has 1 aromatic heterocycles. The van der Waals surface area contributed by atoms with Crippen molar-refractivity contribution >= 4 is 27.2 Å². The van der Waals surface area contributed by atoms with E-state index in [0.717, 1.165) is 11.8 Å². The molecule has 1 unspecified atom stereocenters. The van der Waals surface area contributed by atoms with Gasteiger partial charge in [-0.15, -0.1) is 0 Å². The number of ether oxygens (including phenoxy) is 1. The average molecular weight is 430 g/mol. The van der Waals surface area contributed by atoms with Crippen LogP contribution in [0.2, 0.25) is 5.02 Å². The lowest BCUT2D eigenvalue weighted by atomic mass is 9.85. The SMILES string of the molecule is COc1ccc(CC(=O)C(c2ccc(S(C)(=O)=O)cc2)c2ccccc2Cl)cn1. The minimum atomic E-state index is -3.32. The number of nitrogens with zero attached hydrogens (tertiary/aromatic N) is 1. The summed E-state index contributed by atoms with van der Waals surface area (Å²) >= 11 is 6.38. The lowest BCUT2D eigenvalue weighted by Crippen LogP contribution is -2.17. The zero-order chi connectivity index (χ0) is 21.0. The summed E-state index contributed by atoms with van der Waals surface area (Å²) in [7, 11) is -1.80. The number of aromatic nitrogens is 1. The van der Waals surface area contributed by atoms with Crippen molar-refractivity contribution in [2.24, 2.45) is 0 Å². The lowest BCUT2D eigenvalue weighted by molar-refractivity contribution is -0.119. The first kappa shape index (κ1) is 21.0. The van der Waals surface area contributed by atoms with Crippen molar-refractivity contribution in [3.05, 3.63) is 88.6 Å². The van der Waals surface area contributed by atoms with Gasteiger partial charge in [0.05, 0.1) is 17.9 Å². The lowest BCUT2D eigenvalue weighted by Gasteiger charge is -2.19. The van der Waals surface area contributed by atoms with Crippen molar-refractivity contribution in [1.82, 2.24) is 4.98 Å². The van der Waals surface area contributed by atoms with Crippen molar-refractivity contribution < 1.29 is 17.9 Å². The third-order valence-electron chi connectivity index (χ3n) is 4.56. The van der Waals surface area contributed by atoms with Crippen LogP contribution in [-0.4, -0.2) is 32.6 Å². The van der Waals surface area contributed by atoms with Gasteiger partial charge in [-0.3, -0.25) is 4.79 Å². The van der Waals surface area contributed by atoms with Gasteiger partial charge in [0.25, 0.3) is 0 Å². The van der Waals surface area contributed by atoms with E-state index in [9.17, 15) is 13.2 Å². The largest absolute Gasteiger partial charge is 0.481 e. The second kappa shape index (κ2) is 8.76. The van der Waals surface area contributed by atoms with Gasteiger partial charge in [0.2, 0.25) is 5.88 Å². The van der Waals surface area contributed by atoms with Crippen molar-refractivity contribution in [1.29, 1.82) is 0 Å². The molecule has 7 heteroatoms. The molecular weight excluding hydrogens is 410 g/mol. The second-order valence-electron chi connectivity index (χ2n) is 6.65. The molecule has 0 radical (unpaired) electrons. The van der Waals surface area contributed by atoms with Crippen molar-refractivity contribution in [2.75, 3.05) is 13.4 Å². The first-order valence-corrected chi connectivity index (χ1v) is 11.1. The number of pyridine rings is 1. The Morgan fingerprint density at radius 3 is 2.31 bits per heavy atom. The summed E-state index contributed by atoms with van der Waals surface area (Å²) < 4.78 is 28.6. The molecule has 1 atom stereocenters. The number of Topliss-reactive ketones (excluding diaryl/α,β-unsaturated/α-hetero) is 1. The fraction of sp³-hybridized carbons (Fsp3) is 0.182. The quantitative estimate of drug-likeness (QED) is 0.565. The Bertz CT molecular complexity index is 1110.